The first-order chi connectivity index (χ1) is 29.8. The van der Waals surface area contributed by atoms with Gasteiger partial charge in [-0.3, -0.25) is 9.59 Å². The molecule has 16 heteroatoms. The number of aliphatic hydroxyl groups is 8. The Kier molecular flexibility index (Phi) is 23.3. The first-order valence-electron chi connectivity index (χ1n) is 22.2. The Balaban J connectivity index is 1.81. The van der Waals surface area contributed by atoms with Crippen molar-refractivity contribution in [2.24, 2.45) is 23.5 Å². The molecule has 11 N–H and O–H groups in total. The van der Waals surface area contributed by atoms with Crippen molar-refractivity contribution in [2.75, 3.05) is 0 Å². The molecule has 2 saturated heterocycles. The number of nitrogens with two attached hydrogens (primary N) is 1. The van der Waals surface area contributed by atoms with Crippen LogP contribution in [-0.2, 0) is 28.5 Å². The van der Waals surface area contributed by atoms with E-state index in [1.165, 1.54) is 0 Å². The summed E-state index contributed by atoms with van der Waals surface area (Å²) in [6.07, 6.45) is 11.4. The number of esters is 1. The van der Waals surface area contributed by atoms with Gasteiger partial charge in [-0.05, 0) is 46.0 Å². The molecule has 5 unspecified atom stereocenters. The summed E-state index contributed by atoms with van der Waals surface area (Å²) >= 11 is 0. The molecule has 0 saturated carbocycles. The molecule has 2 bridgehead atoms. The number of hydrogen-bond donors (Lipinski definition) is 10. The van der Waals surface area contributed by atoms with E-state index in [1.807, 2.05) is 62.5 Å². The average molecular weight is 892 g/mol. The van der Waals surface area contributed by atoms with E-state index in [1.54, 1.807) is 50.3 Å². The minimum absolute atomic E-state index is 0.0202. The van der Waals surface area contributed by atoms with Crippen LogP contribution in [0.3, 0.4) is 0 Å². The highest BCUT2D eigenvalue weighted by molar-refractivity contribution is 5.71. The van der Waals surface area contributed by atoms with Crippen molar-refractivity contribution >= 4 is 11.9 Å². The number of cyclic esters (lactones) is 1. The van der Waals surface area contributed by atoms with E-state index in [9.17, 15) is 55.5 Å². The van der Waals surface area contributed by atoms with Crippen molar-refractivity contribution in [3.8, 4) is 0 Å². The Morgan fingerprint density at radius 2 is 1.30 bits per heavy atom. The zero-order valence-corrected chi connectivity index (χ0v) is 36.9. The first kappa shape index (κ1) is 54.0. The number of carboxylic acids is 1. The summed E-state index contributed by atoms with van der Waals surface area (Å²) in [5.74, 6) is -5.32. The van der Waals surface area contributed by atoms with Gasteiger partial charge in [0, 0.05) is 43.9 Å². The number of rotatable bonds is 3. The minimum atomic E-state index is -2.02. The molecule has 0 aromatic heterocycles. The highest BCUT2D eigenvalue weighted by Gasteiger charge is 2.47. The Hall–Kier alpha value is -3.36. The van der Waals surface area contributed by atoms with E-state index in [0.717, 1.165) is 0 Å². The summed E-state index contributed by atoms with van der Waals surface area (Å²) in [7, 11) is 0. The molecule has 3 aliphatic rings. The fourth-order valence-electron chi connectivity index (χ4n) is 7.78. The fourth-order valence-corrected chi connectivity index (χ4v) is 7.78. The van der Waals surface area contributed by atoms with Crippen LogP contribution in [0.25, 0.3) is 0 Å². The van der Waals surface area contributed by atoms with Gasteiger partial charge in [0.05, 0.1) is 66.9 Å². The third-order valence-electron chi connectivity index (χ3n) is 12.0. The number of aliphatic hydroxyl groups excluding tert-OH is 7. The molecular formula is C47H73NO15. The number of fused-ring (bicyclic) bond motifs is 2. The molecule has 0 radical (unpaired) electrons. The van der Waals surface area contributed by atoms with Gasteiger partial charge in [0.1, 0.15) is 12.2 Å². The van der Waals surface area contributed by atoms with E-state index >= 15 is 0 Å². The molecule has 3 rings (SSSR count). The molecule has 0 aromatic rings. The molecule has 16 nitrogen and oxygen atoms in total. The highest BCUT2D eigenvalue weighted by atomic mass is 16.7. The van der Waals surface area contributed by atoms with Crippen molar-refractivity contribution in [3.05, 3.63) is 85.1 Å². The Morgan fingerprint density at radius 3 is 1.90 bits per heavy atom. The van der Waals surface area contributed by atoms with Crippen molar-refractivity contribution in [3.63, 3.8) is 0 Å². The van der Waals surface area contributed by atoms with E-state index in [0.29, 0.717) is 6.42 Å². The van der Waals surface area contributed by atoms with Gasteiger partial charge in [-0.2, -0.15) is 0 Å². The average Bonchev–Trinajstić information content (AvgIpc) is 3.22. The largest absolute Gasteiger partial charge is 0.481 e. The lowest BCUT2D eigenvalue weighted by molar-refractivity contribution is -0.295. The van der Waals surface area contributed by atoms with Crippen LogP contribution in [0.4, 0.5) is 0 Å². The number of carboxylic acid groups (broad SMARTS) is 1. The van der Waals surface area contributed by atoms with Gasteiger partial charge in [-0.1, -0.05) is 98.9 Å². The third-order valence-corrected chi connectivity index (χ3v) is 12.0. The van der Waals surface area contributed by atoms with Gasteiger partial charge in [0.25, 0.3) is 0 Å². The maximum Gasteiger partial charge on any atom is 0.309 e. The van der Waals surface area contributed by atoms with Crippen LogP contribution < -0.4 is 5.73 Å². The maximum absolute atomic E-state index is 12.6. The third kappa shape index (κ3) is 18.6. The van der Waals surface area contributed by atoms with Crippen molar-refractivity contribution in [1.82, 2.24) is 0 Å². The van der Waals surface area contributed by atoms with Gasteiger partial charge in [-0.25, -0.2) is 0 Å². The minimum Gasteiger partial charge on any atom is -0.481 e. The molecule has 2 fully saturated rings. The molecule has 3 heterocycles. The van der Waals surface area contributed by atoms with E-state index in [4.69, 9.17) is 24.7 Å². The van der Waals surface area contributed by atoms with Crippen LogP contribution in [0.15, 0.2) is 85.1 Å². The van der Waals surface area contributed by atoms with Gasteiger partial charge in [0.2, 0.25) is 0 Å². The Labute approximate surface area is 371 Å². The highest BCUT2D eigenvalue weighted by Crippen LogP contribution is 2.38. The van der Waals surface area contributed by atoms with E-state index in [2.05, 4.69) is 0 Å². The molecule has 0 aromatic carbocycles. The summed E-state index contributed by atoms with van der Waals surface area (Å²) in [6.45, 7) is 6.98. The summed E-state index contributed by atoms with van der Waals surface area (Å²) in [5.41, 5.74) is 6.04. The molecular weight excluding hydrogens is 819 g/mol. The summed E-state index contributed by atoms with van der Waals surface area (Å²) in [5, 5.41) is 96.5. The summed E-state index contributed by atoms with van der Waals surface area (Å²) in [4.78, 5) is 25.0. The van der Waals surface area contributed by atoms with Crippen molar-refractivity contribution < 1.29 is 74.5 Å². The molecule has 356 valence electrons. The molecule has 63 heavy (non-hydrogen) atoms. The van der Waals surface area contributed by atoms with Crippen LogP contribution in [-0.4, -0.2) is 143 Å². The predicted octanol–water partition coefficient (Wildman–Crippen LogP) is 2.77. The fraction of sp³-hybridized carbons (Fsp3) is 0.660. The molecule has 17 atom stereocenters. The number of allylic oxidation sites excluding steroid dienone is 12. The smallest absolute Gasteiger partial charge is 0.309 e. The summed E-state index contributed by atoms with van der Waals surface area (Å²) < 4.78 is 23.4. The van der Waals surface area contributed by atoms with E-state index < -0.39 is 110 Å². The lowest BCUT2D eigenvalue weighted by atomic mass is 9.85. The van der Waals surface area contributed by atoms with Crippen LogP contribution in [0.2, 0.25) is 0 Å². The maximum atomic E-state index is 12.6. The Bertz CT molecular complexity index is 1600. The zero-order chi connectivity index (χ0) is 46.7. The lowest BCUT2D eigenvalue weighted by Gasteiger charge is -2.43. The normalized spacial score (nSPS) is 44.2. The van der Waals surface area contributed by atoms with Gasteiger partial charge >= 0.3 is 11.9 Å². The lowest BCUT2D eigenvalue weighted by Crippen LogP contribution is -2.61. The SMILES string of the molecule is CC1OC(O[C@H]2/C=C/C=C/C=C/C=C/C=C/C=C/C=C/[C@H](C)[C@@H](O)[C@@H](C)[C@H](C)OC(=O)CCC[C@H](O)CC[C@@H](O)[C@H](O)C[C@H](O)C[C@]3(O)CC[C@@H](C(=O)O)[C@H](C2)O3)C(O)C(N)C1O. The standard InChI is InChI=1S/C47H73NO15/c1-29-18-15-13-11-9-7-5-6-8-10-12-14-16-20-35(62-46-44(56)41(48)43(55)32(4)61-46)27-39-36(45(57)58)24-25-47(59,63-39)28-34(50)26-38(52)37(51)23-22-33(49)19-17-21-40(53)60-31(3)30(2)42(29)54/h5-16,18,20,29-39,41-44,46,49-52,54-56,59H,17,19,21-28,48H2,1-4H3,(H,57,58)/b6-5+,9-7+,10-8+,13-11+,14-12+,18-15+,20-16+/t29-,30-,31-,32?,33-,34-,35-,36+,37+,38+,39-,41?,42+,43?,44?,46?,47-/m0/s1. The number of aliphatic carboxylic acids is 1. The van der Waals surface area contributed by atoms with Crippen LogP contribution in [0.5, 0.6) is 0 Å². The van der Waals surface area contributed by atoms with Crippen LogP contribution >= 0.6 is 0 Å². The topological polar surface area (TPSA) is 279 Å². The van der Waals surface area contributed by atoms with Crippen molar-refractivity contribution in [1.29, 1.82) is 0 Å². The number of carbonyl (C=O) groups is 2. The second-order valence-electron chi connectivity index (χ2n) is 17.2. The molecule has 0 aliphatic carbocycles. The molecule has 3 aliphatic heterocycles. The first-order valence-corrected chi connectivity index (χ1v) is 22.2. The van der Waals surface area contributed by atoms with Crippen molar-refractivity contribution in [2.45, 2.75) is 177 Å². The van der Waals surface area contributed by atoms with Gasteiger partial charge in [0.15, 0.2) is 12.1 Å². The van der Waals surface area contributed by atoms with Gasteiger partial charge < -0.3 is 70.6 Å². The molecule has 0 spiro atoms. The number of ether oxygens (including phenoxy) is 4. The van der Waals surface area contributed by atoms with E-state index in [-0.39, 0.29) is 63.2 Å². The van der Waals surface area contributed by atoms with Crippen LogP contribution in [0.1, 0.15) is 91.9 Å². The van der Waals surface area contributed by atoms with Crippen LogP contribution in [0, 0.1) is 17.8 Å². The summed E-state index contributed by atoms with van der Waals surface area (Å²) in [6, 6.07) is -1.09. The quantitative estimate of drug-likeness (QED) is 0.182. The number of hydrogen-bond acceptors (Lipinski definition) is 15. The Morgan fingerprint density at radius 1 is 0.714 bits per heavy atom. The second-order valence-corrected chi connectivity index (χ2v) is 17.2. The predicted molar refractivity (Wildman–Crippen MR) is 234 cm³/mol. The van der Waals surface area contributed by atoms with Gasteiger partial charge in [-0.15, -0.1) is 0 Å². The monoisotopic (exact) mass is 891 g/mol. The second kappa shape index (κ2) is 27.2. The zero-order valence-electron chi connectivity index (χ0n) is 36.9. The molecule has 0 amide bonds. The number of carbonyl (C=O) groups excluding carboxylic acids is 1.